The molecule has 1 N–H and O–H groups in total. The molecule has 2 unspecified atom stereocenters. The maximum absolute atomic E-state index is 9.33. The van der Waals surface area contributed by atoms with Crippen molar-refractivity contribution in [2.45, 2.75) is 19.4 Å². The van der Waals surface area contributed by atoms with Gasteiger partial charge in [-0.05, 0) is 43.9 Å². The fourth-order valence-corrected chi connectivity index (χ4v) is 3.84. The van der Waals surface area contributed by atoms with E-state index in [4.69, 9.17) is 11.6 Å². The van der Waals surface area contributed by atoms with Crippen molar-refractivity contribution in [3.05, 3.63) is 28.8 Å². The zero-order valence-electron chi connectivity index (χ0n) is 11.3. The van der Waals surface area contributed by atoms with Crippen LogP contribution in [0.15, 0.2) is 18.2 Å². The lowest BCUT2D eigenvalue weighted by Crippen LogP contribution is -2.44. The Balaban J connectivity index is 2.02. The first-order valence-corrected chi connectivity index (χ1v) is 7.10. The Morgan fingerprint density at radius 3 is 2.89 bits per heavy atom. The van der Waals surface area contributed by atoms with Gasteiger partial charge in [0.15, 0.2) is 0 Å². The molecule has 2 saturated heterocycles. The third-order valence-corrected chi connectivity index (χ3v) is 4.96. The van der Waals surface area contributed by atoms with Crippen LogP contribution in [0.25, 0.3) is 0 Å². The van der Waals surface area contributed by atoms with E-state index in [1.54, 1.807) is 6.07 Å². The van der Waals surface area contributed by atoms with Gasteiger partial charge in [0.1, 0.15) is 6.07 Å². The van der Waals surface area contributed by atoms with Crippen LogP contribution in [0.2, 0.25) is 5.02 Å². The van der Waals surface area contributed by atoms with Crippen LogP contribution in [-0.4, -0.2) is 25.2 Å². The molecule has 0 bridgehead atoms. The molecule has 2 aliphatic rings. The van der Waals surface area contributed by atoms with Crippen LogP contribution in [0.4, 0.5) is 5.69 Å². The van der Waals surface area contributed by atoms with Gasteiger partial charge < -0.3 is 10.2 Å². The minimum absolute atomic E-state index is 0.0770. The first-order valence-electron chi connectivity index (χ1n) is 6.72. The van der Waals surface area contributed by atoms with Crippen LogP contribution in [0.5, 0.6) is 0 Å². The summed E-state index contributed by atoms with van der Waals surface area (Å²) in [5.41, 5.74) is 1.77. The zero-order valence-corrected chi connectivity index (χ0v) is 12.0. The number of nitriles is 1. The second-order valence-electron chi connectivity index (χ2n) is 6.06. The summed E-state index contributed by atoms with van der Waals surface area (Å²) in [4.78, 5) is 2.39. The van der Waals surface area contributed by atoms with Gasteiger partial charge in [-0.3, -0.25) is 0 Å². The largest absolute Gasteiger partial charge is 0.365 e. The smallest absolute Gasteiger partial charge is 0.101 e. The van der Waals surface area contributed by atoms with E-state index >= 15 is 0 Å². The summed E-state index contributed by atoms with van der Waals surface area (Å²) in [6.07, 6.45) is 0. The van der Waals surface area contributed by atoms with Gasteiger partial charge in [0.2, 0.25) is 0 Å². The molecule has 1 aromatic rings. The lowest BCUT2D eigenvalue weighted by atomic mass is 9.84. The third kappa shape index (κ3) is 1.91. The molecule has 0 aliphatic carbocycles. The van der Waals surface area contributed by atoms with Crippen LogP contribution < -0.4 is 10.2 Å². The maximum Gasteiger partial charge on any atom is 0.101 e. The molecule has 2 heterocycles. The molecule has 0 saturated carbocycles. The van der Waals surface area contributed by atoms with Crippen LogP contribution in [0.3, 0.4) is 0 Å². The molecule has 0 spiro atoms. The standard InChI is InChI=1S/C15H18ClN3/c1-15(2)13-8-18-7-11(13)9-19(15)14-4-3-12(16)5-10(14)6-17/h3-5,11,13,18H,7-9H2,1-2H3. The molecule has 1 aromatic carbocycles. The number of rotatable bonds is 1. The molecule has 2 atom stereocenters. The molecule has 3 rings (SSSR count). The molecule has 4 heteroatoms. The molecule has 0 amide bonds. The van der Waals surface area contributed by atoms with Gasteiger partial charge in [0.25, 0.3) is 0 Å². The Bertz CT molecular complexity index is 547. The Morgan fingerprint density at radius 2 is 2.21 bits per heavy atom. The van der Waals surface area contributed by atoms with Crippen molar-refractivity contribution in [2.24, 2.45) is 11.8 Å². The van der Waals surface area contributed by atoms with Crippen LogP contribution in [0.1, 0.15) is 19.4 Å². The first-order chi connectivity index (χ1) is 9.04. The van der Waals surface area contributed by atoms with Crippen molar-refractivity contribution < 1.29 is 0 Å². The highest BCUT2D eigenvalue weighted by atomic mass is 35.5. The molecule has 100 valence electrons. The Morgan fingerprint density at radius 1 is 1.42 bits per heavy atom. The van der Waals surface area contributed by atoms with E-state index < -0.39 is 0 Å². The minimum Gasteiger partial charge on any atom is -0.365 e. The number of benzene rings is 1. The highest BCUT2D eigenvalue weighted by Gasteiger charge is 2.49. The van der Waals surface area contributed by atoms with Gasteiger partial charge in [0, 0.05) is 30.2 Å². The van der Waals surface area contributed by atoms with Crippen molar-refractivity contribution in [2.75, 3.05) is 24.5 Å². The zero-order chi connectivity index (χ0) is 13.6. The van der Waals surface area contributed by atoms with Crippen LogP contribution >= 0.6 is 11.6 Å². The van der Waals surface area contributed by atoms with Crippen molar-refractivity contribution in [3.8, 4) is 6.07 Å². The van der Waals surface area contributed by atoms with Gasteiger partial charge in [0.05, 0.1) is 11.3 Å². The van der Waals surface area contributed by atoms with Gasteiger partial charge >= 0.3 is 0 Å². The Hall–Kier alpha value is -1.24. The highest BCUT2D eigenvalue weighted by Crippen LogP contribution is 2.44. The molecule has 2 fully saturated rings. The lowest BCUT2D eigenvalue weighted by molar-refractivity contribution is 0.357. The fourth-order valence-electron chi connectivity index (χ4n) is 3.66. The number of anilines is 1. The molecule has 2 aliphatic heterocycles. The molecule has 3 nitrogen and oxygen atoms in total. The number of fused-ring (bicyclic) bond motifs is 1. The molecule has 19 heavy (non-hydrogen) atoms. The van der Waals surface area contributed by atoms with E-state index in [1.165, 1.54) is 0 Å². The van der Waals surface area contributed by atoms with E-state index in [9.17, 15) is 5.26 Å². The number of nitrogens with zero attached hydrogens (tertiary/aromatic N) is 2. The lowest BCUT2D eigenvalue weighted by Gasteiger charge is -2.37. The number of nitrogens with one attached hydrogen (secondary N) is 1. The van der Waals surface area contributed by atoms with E-state index in [0.29, 0.717) is 22.4 Å². The summed E-state index contributed by atoms with van der Waals surface area (Å²) >= 11 is 5.99. The molecule has 0 aromatic heterocycles. The summed E-state index contributed by atoms with van der Waals surface area (Å²) < 4.78 is 0. The van der Waals surface area contributed by atoms with E-state index in [1.807, 2.05) is 12.1 Å². The van der Waals surface area contributed by atoms with Gasteiger partial charge in [-0.1, -0.05) is 11.6 Å². The van der Waals surface area contributed by atoms with Gasteiger partial charge in [-0.2, -0.15) is 5.26 Å². The predicted octanol–water partition coefficient (Wildman–Crippen LogP) is 2.65. The van der Waals surface area contributed by atoms with Crippen molar-refractivity contribution in [1.29, 1.82) is 5.26 Å². The molecular weight excluding hydrogens is 258 g/mol. The minimum atomic E-state index is 0.0770. The quantitative estimate of drug-likeness (QED) is 0.856. The van der Waals surface area contributed by atoms with E-state index in [0.717, 1.165) is 25.3 Å². The van der Waals surface area contributed by atoms with Crippen molar-refractivity contribution in [1.82, 2.24) is 5.32 Å². The van der Waals surface area contributed by atoms with Crippen LogP contribution in [0, 0.1) is 23.2 Å². The number of hydrogen-bond donors (Lipinski definition) is 1. The van der Waals surface area contributed by atoms with Crippen molar-refractivity contribution in [3.63, 3.8) is 0 Å². The van der Waals surface area contributed by atoms with Crippen LogP contribution in [-0.2, 0) is 0 Å². The monoisotopic (exact) mass is 275 g/mol. The summed E-state index contributed by atoms with van der Waals surface area (Å²) in [7, 11) is 0. The fraction of sp³-hybridized carbons (Fsp3) is 0.533. The predicted molar refractivity (Wildman–Crippen MR) is 77.4 cm³/mol. The summed E-state index contributed by atoms with van der Waals surface area (Å²) in [5.74, 6) is 1.33. The SMILES string of the molecule is CC1(C)C2CNCC2CN1c1ccc(Cl)cc1C#N. The second-order valence-corrected chi connectivity index (χ2v) is 6.50. The summed E-state index contributed by atoms with van der Waals surface area (Å²) in [6.45, 7) is 7.73. The summed E-state index contributed by atoms with van der Waals surface area (Å²) in [6, 6.07) is 7.90. The molecular formula is C15H18ClN3. The topological polar surface area (TPSA) is 39.1 Å². The Labute approximate surface area is 119 Å². The van der Waals surface area contributed by atoms with E-state index in [2.05, 4.69) is 30.1 Å². The van der Waals surface area contributed by atoms with Gasteiger partial charge in [-0.15, -0.1) is 0 Å². The summed E-state index contributed by atoms with van der Waals surface area (Å²) in [5, 5.41) is 13.4. The van der Waals surface area contributed by atoms with Crippen molar-refractivity contribution >= 4 is 17.3 Å². The maximum atomic E-state index is 9.33. The van der Waals surface area contributed by atoms with Gasteiger partial charge in [-0.25, -0.2) is 0 Å². The first kappa shape index (κ1) is 12.8. The normalized spacial score (nSPS) is 28.2. The average Bonchev–Trinajstić information content (AvgIpc) is 2.92. The number of halogens is 1. The number of hydrogen-bond acceptors (Lipinski definition) is 3. The average molecular weight is 276 g/mol. The highest BCUT2D eigenvalue weighted by molar-refractivity contribution is 6.30. The molecule has 0 radical (unpaired) electrons. The third-order valence-electron chi connectivity index (χ3n) is 4.73. The second kappa shape index (κ2) is 4.40. The van der Waals surface area contributed by atoms with E-state index in [-0.39, 0.29) is 5.54 Å². The Kier molecular flexibility index (Phi) is 2.96.